The summed E-state index contributed by atoms with van der Waals surface area (Å²) < 4.78 is 5.53. The normalized spacial score (nSPS) is 26.9. The highest BCUT2D eigenvalue weighted by Gasteiger charge is 2.34. The van der Waals surface area contributed by atoms with Crippen LogP contribution in [0.5, 0.6) is 0 Å². The third-order valence-corrected chi connectivity index (χ3v) is 4.87. The maximum Gasteiger partial charge on any atom is 0.192 e. The Morgan fingerprint density at radius 3 is 2.90 bits per heavy atom. The summed E-state index contributed by atoms with van der Waals surface area (Å²) in [5, 5.41) is 3.71. The molecule has 0 bridgehead atoms. The summed E-state index contributed by atoms with van der Waals surface area (Å²) in [7, 11) is 0. The van der Waals surface area contributed by atoms with Gasteiger partial charge in [0.05, 0.1) is 0 Å². The van der Waals surface area contributed by atoms with Crippen LogP contribution in [-0.2, 0) is 0 Å². The Balaban J connectivity index is 1.48. The van der Waals surface area contributed by atoms with Crippen molar-refractivity contribution < 1.29 is 4.42 Å². The van der Waals surface area contributed by atoms with Gasteiger partial charge in [-0.2, -0.15) is 0 Å². The predicted octanol–water partition coefficient (Wildman–Crippen LogP) is 4.52. The van der Waals surface area contributed by atoms with Crippen molar-refractivity contribution in [3.05, 3.63) is 24.1 Å². The summed E-state index contributed by atoms with van der Waals surface area (Å²) >= 11 is 0. The van der Waals surface area contributed by atoms with E-state index in [4.69, 9.17) is 4.42 Å². The van der Waals surface area contributed by atoms with Crippen molar-refractivity contribution in [1.82, 2.24) is 4.98 Å². The number of benzene rings is 1. The number of oxazole rings is 1. The van der Waals surface area contributed by atoms with Crippen LogP contribution in [0, 0.1) is 18.8 Å². The maximum atomic E-state index is 5.53. The van der Waals surface area contributed by atoms with E-state index in [9.17, 15) is 0 Å². The summed E-state index contributed by atoms with van der Waals surface area (Å²) in [5.41, 5.74) is 3.03. The first-order chi connectivity index (χ1) is 9.78. The molecule has 3 nitrogen and oxygen atoms in total. The fourth-order valence-electron chi connectivity index (χ4n) is 3.72. The maximum absolute atomic E-state index is 5.53. The Morgan fingerprint density at radius 1 is 1.15 bits per heavy atom. The molecule has 2 aliphatic carbocycles. The van der Waals surface area contributed by atoms with E-state index in [0.29, 0.717) is 6.04 Å². The van der Waals surface area contributed by atoms with Crippen LogP contribution in [0.4, 0.5) is 5.69 Å². The molecule has 0 amide bonds. The monoisotopic (exact) mass is 270 g/mol. The van der Waals surface area contributed by atoms with E-state index in [1.165, 1.54) is 44.2 Å². The third-order valence-electron chi connectivity index (χ3n) is 4.87. The van der Waals surface area contributed by atoms with Crippen molar-refractivity contribution in [2.24, 2.45) is 11.8 Å². The van der Waals surface area contributed by atoms with Crippen molar-refractivity contribution in [2.75, 3.05) is 5.32 Å². The first-order valence-corrected chi connectivity index (χ1v) is 7.91. The average Bonchev–Trinajstić information content (AvgIpc) is 3.21. The highest BCUT2D eigenvalue weighted by atomic mass is 16.3. The van der Waals surface area contributed by atoms with Crippen molar-refractivity contribution >= 4 is 16.8 Å². The molecule has 0 spiro atoms. The molecule has 1 aromatic carbocycles. The number of nitrogens with zero attached hydrogens (tertiary/aromatic N) is 1. The topological polar surface area (TPSA) is 38.1 Å². The molecule has 0 aliphatic heterocycles. The van der Waals surface area contributed by atoms with Gasteiger partial charge < -0.3 is 9.73 Å². The summed E-state index contributed by atoms with van der Waals surface area (Å²) in [6.07, 6.45) is 8.43. The largest absolute Gasteiger partial charge is 0.441 e. The molecule has 2 aromatic rings. The molecule has 0 radical (unpaired) electrons. The highest BCUT2D eigenvalue weighted by molar-refractivity contribution is 5.77. The Hall–Kier alpha value is -1.51. The lowest BCUT2D eigenvalue weighted by Crippen LogP contribution is -2.28. The van der Waals surface area contributed by atoms with Crippen LogP contribution < -0.4 is 5.32 Å². The first kappa shape index (κ1) is 12.2. The van der Waals surface area contributed by atoms with Crippen molar-refractivity contribution in [2.45, 2.75) is 51.5 Å². The fraction of sp³-hybridized carbons (Fsp3) is 0.588. The zero-order chi connectivity index (χ0) is 13.5. The summed E-state index contributed by atoms with van der Waals surface area (Å²) in [6.45, 7) is 1.90. The second-order valence-corrected chi connectivity index (χ2v) is 6.52. The van der Waals surface area contributed by atoms with Gasteiger partial charge in [0.25, 0.3) is 0 Å². The standard InChI is InChI=1S/C17H22N2O/c1-11-18-16-10-15(7-8-17(16)20-11)19-14-4-2-3-13(9-14)12-5-6-12/h7-8,10,12-14,19H,2-6,9H2,1H3. The lowest BCUT2D eigenvalue weighted by molar-refractivity contribution is 0.303. The minimum absolute atomic E-state index is 0.639. The molecule has 106 valence electrons. The molecule has 20 heavy (non-hydrogen) atoms. The van der Waals surface area contributed by atoms with Crippen molar-refractivity contribution in [1.29, 1.82) is 0 Å². The van der Waals surface area contributed by atoms with Crippen LogP contribution in [0.2, 0.25) is 0 Å². The minimum atomic E-state index is 0.639. The van der Waals surface area contributed by atoms with Crippen LogP contribution in [0.15, 0.2) is 22.6 Å². The van der Waals surface area contributed by atoms with Gasteiger partial charge in [0.2, 0.25) is 0 Å². The second-order valence-electron chi connectivity index (χ2n) is 6.52. The molecular weight excluding hydrogens is 248 g/mol. The molecule has 2 saturated carbocycles. The van der Waals surface area contributed by atoms with Gasteiger partial charge in [-0.3, -0.25) is 0 Å². The SMILES string of the molecule is Cc1nc2cc(NC3CCCC(C4CC4)C3)ccc2o1. The fourth-order valence-corrected chi connectivity index (χ4v) is 3.72. The third kappa shape index (κ3) is 2.41. The molecule has 2 aliphatic rings. The summed E-state index contributed by atoms with van der Waals surface area (Å²) in [5.74, 6) is 2.75. The van der Waals surface area contributed by atoms with Crippen LogP contribution >= 0.6 is 0 Å². The minimum Gasteiger partial charge on any atom is -0.441 e. The van der Waals surface area contributed by atoms with Gasteiger partial charge in [0, 0.05) is 18.7 Å². The number of hydrogen-bond donors (Lipinski definition) is 1. The summed E-state index contributed by atoms with van der Waals surface area (Å²) in [4.78, 5) is 4.41. The Labute approximate surface area is 119 Å². The Kier molecular flexibility index (Phi) is 2.94. The molecule has 1 heterocycles. The van der Waals surface area contributed by atoms with Gasteiger partial charge in [-0.25, -0.2) is 4.98 Å². The van der Waals surface area contributed by atoms with Crippen LogP contribution in [-0.4, -0.2) is 11.0 Å². The van der Waals surface area contributed by atoms with Crippen molar-refractivity contribution in [3.8, 4) is 0 Å². The number of aromatic nitrogens is 1. The van der Waals surface area contributed by atoms with Crippen LogP contribution in [0.3, 0.4) is 0 Å². The molecule has 0 saturated heterocycles. The molecule has 1 N–H and O–H groups in total. The Bertz CT molecular complexity index is 614. The molecule has 1 aromatic heterocycles. The summed E-state index contributed by atoms with van der Waals surface area (Å²) in [6, 6.07) is 6.90. The van der Waals surface area contributed by atoms with Crippen LogP contribution in [0.25, 0.3) is 11.1 Å². The lowest BCUT2D eigenvalue weighted by Gasteiger charge is -2.30. The first-order valence-electron chi connectivity index (χ1n) is 7.91. The van der Waals surface area contributed by atoms with E-state index < -0.39 is 0 Å². The molecule has 4 rings (SSSR count). The van der Waals surface area contributed by atoms with Crippen LogP contribution in [0.1, 0.15) is 44.4 Å². The molecular formula is C17H22N2O. The highest BCUT2D eigenvalue weighted by Crippen LogP contribution is 2.44. The average molecular weight is 270 g/mol. The zero-order valence-electron chi connectivity index (χ0n) is 12.1. The number of hydrogen-bond acceptors (Lipinski definition) is 3. The van der Waals surface area contributed by atoms with E-state index in [1.54, 1.807) is 0 Å². The molecule has 2 fully saturated rings. The number of nitrogens with one attached hydrogen (secondary N) is 1. The number of aryl methyl sites for hydroxylation is 1. The van der Waals surface area contributed by atoms with E-state index in [1.807, 2.05) is 13.0 Å². The Morgan fingerprint density at radius 2 is 2.05 bits per heavy atom. The van der Waals surface area contributed by atoms with Gasteiger partial charge in [-0.15, -0.1) is 0 Å². The van der Waals surface area contributed by atoms with Gasteiger partial charge in [-0.1, -0.05) is 12.8 Å². The van der Waals surface area contributed by atoms with E-state index in [-0.39, 0.29) is 0 Å². The van der Waals surface area contributed by atoms with E-state index >= 15 is 0 Å². The zero-order valence-corrected chi connectivity index (χ0v) is 12.1. The second kappa shape index (κ2) is 4.80. The predicted molar refractivity (Wildman–Crippen MR) is 80.8 cm³/mol. The van der Waals surface area contributed by atoms with Gasteiger partial charge in [0.1, 0.15) is 5.52 Å². The van der Waals surface area contributed by atoms with Crippen molar-refractivity contribution in [3.63, 3.8) is 0 Å². The molecule has 2 atom stereocenters. The number of rotatable bonds is 3. The molecule has 3 heteroatoms. The van der Waals surface area contributed by atoms with E-state index in [2.05, 4.69) is 22.4 Å². The van der Waals surface area contributed by atoms with Gasteiger partial charge in [-0.05, 0) is 55.7 Å². The number of fused-ring (bicyclic) bond motifs is 1. The quantitative estimate of drug-likeness (QED) is 0.891. The van der Waals surface area contributed by atoms with E-state index in [0.717, 1.165) is 28.8 Å². The smallest absolute Gasteiger partial charge is 0.192 e. The van der Waals surface area contributed by atoms with Gasteiger partial charge >= 0.3 is 0 Å². The van der Waals surface area contributed by atoms with Gasteiger partial charge in [0.15, 0.2) is 11.5 Å². The lowest BCUT2D eigenvalue weighted by atomic mass is 9.82. The molecule has 2 unspecified atom stereocenters. The number of anilines is 1.